The van der Waals surface area contributed by atoms with Crippen molar-refractivity contribution in [2.24, 2.45) is 5.73 Å². The van der Waals surface area contributed by atoms with Crippen molar-refractivity contribution in [2.75, 3.05) is 13.7 Å². The molecule has 1 unspecified atom stereocenters. The summed E-state index contributed by atoms with van der Waals surface area (Å²) >= 11 is 0. The van der Waals surface area contributed by atoms with Gasteiger partial charge in [0.2, 0.25) is 0 Å². The number of benzene rings is 2. The fourth-order valence-electron chi connectivity index (χ4n) is 3.30. The van der Waals surface area contributed by atoms with Gasteiger partial charge in [-0.1, -0.05) is 42.5 Å². The molecule has 2 aromatic carbocycles. The van der Waals surface area contributed by atoms with Crippen LogP contribution < -0.4 is 15.9 Å². The number of hydrogen-bond acceptors (Lipinski definition) is 6. The SMILES string of the molecule is COC(=O)C1CCCN(C(=O)[C@@H](N)Cc2cccc(OCc3ccccc3)c2)N1. The zero-order chi connectivity index (χ0) is 20.6. The number of carbonyl (C=O) groups excluding carboxylic acids is 2. The van der Waals surface area contributed by atoms with E-state index in [-0.39, 0.29) is 11.9 Å². The monoisotopic (exact) mass is 397 g/mol. The Hall–Kier alpha value is -2.90. The quantitative estimate of drug-likeness (QED) is 0.692. The fourth-order valence-corrected chi connectivity index (χ4v) is 3.30. The van der Waals surface area contributed by atoms with Crippen LogP contribution in [-0.2, 0) is 27.4 Å². The van der Waals surface area contributed by atoms with E-state index in [1.165, 1.54) is 12.1 Å². The smallest absolute Gasteiger partial charge is 0.324 e. The summed E-state index contributed by atoms with van der Waals surface area (Å²) in [6, 6.07) is 16.3. The number of nitrogens with one attached hydrogen (secondary N) is 1. The minimum Gasteiger partial charge on any atom is -0.489 e. The second-order valence-electron chi connectivity index (χ2n) is 7.07. The van der Waals surface area contributed by atoms with E-state index in [0.717, 1.165) is 16.9 Å². The maximum absolute atomic E-state index is 12.7. The third-order valence-electron chi connectivity index (χ3n) is 4.86. The fraction of sp³-hybridized carbons (Fsp3) is 0.364. The van der Waals surface area contributed by atoms with E-state index < -0.39 is 12.1 Å². The van der Waals surface area contributed by atoms with Gasteiger partial charge < -0.3 is 15.2 Å². The maximum atomic E-state index is 12.7. The van der Waals surface area contributed by atoms with Crippen molar-refractivity contribution < 1.29 is 19.1 Å². The first-order valence-corrected chi connectivity index (χ1v) is 9.73. The molecule has 7 nitrogen and oxygen atoms in total. The predicted molar refractivity (Wildman–Crippen MR) is 109 cm³/mol. The van der Waals surface area contributed by atoms with Gasteiger partial charge in [0.15, 0.2) is 0 Å². The van der Waals surface area contributed by atoms with E-state index in [1.54, 1.807) is 0 Å². The summed E-state index contributed by atoms with van der Waals surface area (Å²) in [4.78, 5) is 24.4. The second-order valence-corrected chi connectivity index (χ2v) is 7.07. The standard InChI is InChI=1S/C22H27N3O4/c1-28-22(27)20-11-6-12-25(24-20)21(26)19(23)14-17-9-5-10-18(13-17)29-15-16-7-3-2-4-8-16/h2-5,7-10,13,19-20,24H,6,11-12,14-15,23H2,1H3/t19-,20?/m0/s1. The number of methoxy groups -OCH3 is 1. The molecule has 29 heavy (non-hydrogen) atoms. The van der Waals surface area contributed by atoms with Crippen LogP contribution in [0.15, 0.2) is 54.6 Å². The van der Waals surface area contributed by atoms with Gasteiger partial charge in [-0.3, -0.25) is 14.6 Å². The molecule has 0 bridgehead atoms. The summed E-state index contributed by atoms with van der Waals surface area (Å²) in [6.07, 6.45) is 1.73. The van der Waals surface area contributed by atoms with Crippen LogP contribution in [0.2, 0.25) is 0 Å². The first-order valence-electron chi connectivity index (χ1n) is 9.73. The normalized spacial score (nSPS) is 17.4. The van der Waals surface area contributed by atoms with E-state index in [2.05, 4.69) is 5.43 Å². The molecule has 1 aliphatic rings. The number of rotatable bonds is 7. The molecule has 0 spiro atoms. The molecule has 7 heteroatoms. The number of hydrogen-bond donors (Lipinski definition) is 2. The van der Waals surface area contributed by atoms with Gasteiger partial charge in [-0.15, -0.1) is 0 Å². The lowest BCUT2D eigenvalue weighted by Gasteiger charge is -2.33. The molecule has 0 radical (unpaired) electrons. The van der Waals surface area contributed by atoms with Gasteiger partial charge in [0.25, 0.3) is 5.91 Å². The Morgan fingerprint density at radius 3 is 2.69 bits per heavy atom. The minimum absolute atomic E-state index is 0.241. The first kappa shape index (κ1) is 20.8. The Morgan fingerprint density at radius 1 is 1.17 bits per heavy atom. The van der Waals surface area contributed by atoms with E-state index in [4.69, 9.17) is 15.2 Å². The lowest BCUT2D eigenvalue weighted by Crippen LogP contribution is -2.59. The molecule has 1 saturated heterocycles. The summed E-state index contributed by atoms with van der Waals surface area (Å²) in [5.41, 5.74) is 11.1. The summed E-state index contributed by atoms with van der Waals surface area (Å²) in [7, 11) is 1.34. The highest BCUT2D eigenvalue weighted by atomic mass is 16.5. The third-order valence-corrected chi connectivity index (χ3v) is 4.86. The van der Waals surface area contributed by atoms with Crippen molar-refractivity contribution in [1.29, 1.82) is 0 Å². The van der Waals surface area contributed by atoms with Crippen molar-refractivity contribution in [2.45, 2.75) is 38.0 Å². The number of esters is 1. The number of ether oxygens (including phenoxy) is 2. The topological polar surface area (TPSA) is 93.9 Å². The third kappa shape index (κ3) is 5.79. The molecule has 0 aromatic heterocycles. The van der Waals surface area contributed by atoms with Gasteiger partial charge in [-0.2, -0.15) is 0 Å². The van der Waals surface area contributed by atoms with Gasteiger partial charge in [0, 0.05) is 6.54 Å². The van der Waals surface area contributed by atoms with Crippen LogP contribution in [0.4, 0.5) is 0 Å². The largest absolute Gasteiger partial charge is 0.489 e. The average Bonchev–Trinajstić information content (AvgIpc) is 2.77. The Labute approximate surface area is 170 Å². The molecule has 1 aliphatic heterocycles. The van der Waals surface area contributed by atoms with Crippen molar-refractivity contribution in [3.63, 3.8) is 0 Å². The highest BCUT2D eigenvalue weighted by Gasteiger charge is 2.30. The van der Waals surface area contributed by atoms with Crippen LogP contribution in [0, 0.1) is 0 Å². The molecule has 2 atom stereocenters. The number of hydrazine groups is 1. The molecule has 0 saturated carbocycles. The maximum Gasteiger partial charge on any atom is 0.324 e. The van der Waals surface area contributed by atoms with Gasteiger partial charge in [0.1, 0.15) is 18.4 Å². The van der Waals surface area contributed by atoms with Crippen LogP contribution in [0.3, 0.4) is 0 Å². The van der Waals surface area contributed by atoms with Crippen LogP contribution in [0.5, 0.6) is 5.75 Å². The average molecular weight is 397 g/mol. The summed E-state index contributed by atoms with van der Waals surface area (Å²) in [5.74, 6) is 0.112. The molecule has 1 amide bonds. The Bertz CT molecular complexity index is 828. The Kier molecular flexibility index (Phi) is 7.21. The number of nitrogens with zero attached hydrogens (tertiary/aromatic N) is 1. The number of nitrogens with two attached hydrogens (primary N) is 1. The number of carbonyl (C=O) groups is 2. The van der Waals surface area contributed by atoms with Crippen LogP contribution in [0.25, 0.3) is 0 Å². The van der Waals surface area contributed by atoms with Crippen molar-refractivity contribution in [3.8, 4) is 5.75 Å². The number of amides is 1. The molecular formula is C22H27N3O4. The second kappa shape index (κ2) is 10.0. The zero-order valence-electron chi connectivity index (χ0n) is 16.5. The zero-order valence-corrected chi connectivity index (χ0v) is 16.5. The molecule has 3 N–H and O–H groups in total. The van der Waals surface area contributed by atoms with Crippen LogP contribution >= 0.6 is 0 Å². The van der Waals surface area contributed by atoms with Gasteiger partial charge >= 0.3 is 5.97 Å². The molecule has 154 valence electrons. The van der Waals surface area contributed by atoms with Crippen molar-refractivity contribution >= 4 is 11.9 Å². The summed E-state index contributed by atoms with van der Waals surface area (Å²) in [5, 5.41) is 1.44. The molecular weight excluding hydrogens is 370 g/mol. The molecule has 1 heterocycles. The molecule has 3 rings (SSSR count). The van der Waals surface area contributed by atoms with E-state index in [0.29, 0.717) is 32.4 Å². The first-order chi connectivity index (χ1) is 14.1. The highest BCUT2D eigenvalue weighted by Crippen LogP contribution is 2.17. The van der Waals surface area contributed by atoms with Crippen molar-refractivity contribution in [1.82, 2.24) is 10.4 Å². The molecule has 2 aromatic rings. The minimum atomic E-state index is -0.719. The Balaban J connectivity index is 1.56. The van der Waals surface area contributed by atoms with E-state index >= 15 is 0 Å². The Morgan fingerprint density at radius 2 is 1.93 bits per heavy atom. The van der Waals surface area contributed by atoms with Crippen molar-refractivity contribution in [3.05, 3.63) is 65.7 Å². The van der Waals surface area contributed by atoms with E-state index in [1.807, 2.05) is 54.6 Å². The lowest BCUT2D eigenvalue weighted by atomic mass is 10.0. The van der Waals surface area contributed by atoms with Gasteiger partial charge in [-0.25, -0.2) is 5.43 Å². The lowest BCUT2D eigenvalue weighted by molar-refractivity contribution is -0.149. The summed E-state index contributed by atoms with van der Waals surface area (Å²) < 4.78 is 10.6. The van der Waals surface area contributed by atoms with Gasteiger partial charge in [0.05, 0.1) is 13.2 Å². The predicted octanol–water partition coefficient (Wildman–Crippen LogP) is 1.80. The van der Waals surface area contributed by atoms with Crippen LogP contribution in [0.1, 0.15) is 24.0 Å². The summed E-state index contributed by atoms with van der Waals surface area (Å²) in [6.45, 7) is 0.988. The highest BCUT2D eigenvalue weighted by molar-refractivity contribution is 5.83. The molecule has 1 fully saturated rings. The van der Waals surface area contributed by atoms with Crippen LogP contribution in [-0.4, -0.2) is 42.6 Å². The van der Waals surface area contributed by atoms with E-state index in [9.17, 15) is 9.59 Å². The van der Waals surface area contributed by atoms with Gasteiger partial charge in [-0.05, 0) is 42.5 Å². The molecule has 0 aliphatic carbocycles.